The zero-order valence-corrected chi connectivity index (χ0v) is 21.5. The van der Waals surface area contributed by atoms with Gasteiger partial charge in [-0.1, -0.05) is 31.8 Å². The van der Waals surface area contributed by atoms with Crippen LogP contribution in [0.1, 0.15) is 43.5 Å². The first kappa shape index (κ1) is 22.1. The molecule has 0 bridgehead atoms. The number of halogens is 1. The summed E-state index contributed by atoms with van der Waals surface area (Å²) >= 11 is 3.52. The van der Waals surface area contributed by atoms with E-state index < -0.39 is 13.6 Å². The summed E-state index contributed by atoms with van der Waals surface area (Å²) in [5, 5.41) is 13.4. The van der Waals surface area contributed by atoms with E-state index in [4.69, 9.17) is 0 Å². The zero-order chi connectivity index (χ0) is 22.8. The van der Waals surface area contributed by atoms with Crippen molar-refractivity contribution in [3.63, 3.8) is 0 Å². The minimum Gasteiger partial charge on any atom is -0.309 e. The molecule has 1 aliphatic carbocycles. The SMILES string of the molecule is Cc1cccc(Br)c1NC(=O)N1Cc2c(NC(=O)C3([Si](C)(C)C)CC3)n[nH]c2C1(C)C. The van der Waals surface area contributed by atoms with Gasteiger partial charge in [-0.25, -0.2) is 4.79 Å². The van der Waals surface area contributed by atoms with E-state index in [1.165, 1.54) is 0 Å². The fraction of sp³-hybridized carbons (Fsp3) is 0.500. The van der Waals surface area contributed by atoms with Crippen LogP contribution < -0.4 is 10.6 Å². The number of nitrogens with zero attached hydrogens (tertiary/aromatic N) is 2. The number of nitrogens with one attached hydrogen (secondary N) is 3. The van der Waals surface area contributed by atoms with E-state index in [1.54, 1.807) is 4.90 Å². The molecule has 1 fully saturated rings. The van der Waals surface area contributed by atoms with Crippen LogP contribution in [-0.2, 0) is 16.9 Å². The van der Waals surface area contributed by atoms with Gasteiger partial charge >= 0.3 is 6.03 Å². The summed E-state index contributed by atoms with van der Waals surface area (Å²) in [6.07, 6.45) is 1.90. The number of fused-ring (bicyclic) bond motifs is 1. The molecule has 3 amide bonds. The monoisotopic (exact) mass is 503 g/mol. The number of aromatic amines is 1. The summed E-state index contributed by atoms with van der Waals surface area (Å²) in [5.74, 6) is 0.621. The largest absolute Gasteiger partial charge is 0.322 e. The maximum Gasteiger partial charge on any atom is 0.322 e. The van der Waals surface area contributed by atoms with Crippen LogP contribution in [0.2, 0.25) is 24.7 Å². The van der Waals surface area contributed by atoms with E-state index in [1.807, 2.05) is 39.0 Å². The Morgan fingerprint density at radius 2 is 1.87 bits per heavy atom. The Bertz CT molecular complexity index is 1050. The van der Waals surface area contributed by atoms with E-state index in [0.717, 1.165) is 39.8 Å². The molecule has 31 heavy (non-hydrogen) atoms. The summed E-state index contributed by atoms with van der Waals surface area (Å²) in [7, 11) is -1.64. The highest BCUT2D eigenvalue weighted by Gasteiger charge is 2.59. The van der Waals surface area contributed by atoms with E-state index in [9.17, 15) is 9.59 Å². The lowest BCUT2D eigenvalue weighted by Gasteiger charge is -2.32. The van der Waals surface area contributed by atoms with Crippen molar-refractivity contribution in [2.24, 2.45) is 0 Å². The van der Waals surface area contributed by atoms with Gasteiger partial charge in [-0.05, 0) is 61.2 Å². The number of carbonyl (C=O) groups excluding carboxylic acids is 2. The van der Waals surface area contributed by atoms with Crippen LogP contribution in [0.25, 0.3) is 0 Å². The number of hydrogen-bond acceptors (Lipinski definition) is 3. The summed E-state index contributed by atoms with van der Waals surface area (Å²) in [5.41, 5.74) is 2.90. The molecule has 3 N–H and O–H groups in total. The molecule has 166 valence electrons. The van der Waals surface area contributed by atoms with Crippen molar-refractivity contribution in [2.45, 2.75) is 70.4 Å². The lowest BCUT2D eigenvalue weighted by Crippen LogP contribution is -2.43. The molecule has 1 aromatic carbocycles. The van der Waals surface area contributed by atoms with Gasteiger partial charge in [-0.3, -0.25) is 9.89 Å². The van der Waals surface area contributed by atoms with Crippen molar-refractivity contribution < 1.29 is 9.59 Å². The van der Waals surface area contributed by atoms with Gasteiger partial charge in [0.15, 0.2) is 5.82 Å². The molecule has 2 aliphatic rings. The third-order valence-corrected chi connectivity index (χ3v) is 11.3. The lowest BCUT2D eigenvalue weighted by molar-refractivity contribution is -0.117. The summed E-state index contributed by atoms with van der Waals surface area (Å²) < 4.78 is 0.840. The molecule has 0 atom stereocenters. The fourth-order valence-electron chi connectivity index (χ4n) is 4.58. The maximum atomic E-state index is 13.2. The van der Waals surface area contributed by atoms with Crippen LogP contribution in [0.5, 0.6) is 0 Å². The highest BCUT2D eigenvalue weighted by Crippen LogP contribution is 2.61. The molecular weight excluding hydrogens is 474 g/mol. The Hall–Kier alpha value is -2.13. The van der Waals surface area contributed by atoms with Crippen molar-refractivity contribution in [2.75, 3.05) is 10.6 Å². The quantitative estimate of drug-likeness (QED) is 0.476. The molecule has 1 aromatic heterocycles. The van der Waals surface area contributed by atoms with Crippen LogP contribution in [0, 0.1) is 6.92 Å². The molecular formula is C22H30BrN5O2Si. The Morgan fingerprint density at radius 1 is 1.19 bits per heavy atom. The molecule has 0 radical (unpaired) electrons. The molecule has 0 unspecified atom stereocenters. The summed E-state index contributed by atoms with van der Waals surface area (Å²) in [6.45, 7) is 13.0. The second-order valence-electron chi connectivity index (χ2n) is 10.2. The number of H-pyrrole nitrogens is 1. The van der Waals surface area contributed by atoms with Gasteiger partial charge in [0, 0.05) is 15.1 Å². The zero-order valence-electron chi connectivity index (χ0n) is 18.9. The first-order valence-corrected chi connectivity index (χ1v) is 14.9. The number of benzene rings is 1. The summed E-state index contributed by atoms with van der Waals surface area (Å²) in [6, 6.07) is 5.61. The van der Waals surface area contributed by atoms with Gasteiger partial charge in [0.25, 0.3) is 0 Å². The number of amides is 3. The minimum atomic E-state index is -1.64. The van der Waals surface area contributed by atoms with E-state index in [-0.39, 0.29) is 17.0 Å². The number of aryl methyl sites for hydroxylation is 1. The predicted octanol–water partition coefficient (Wildman–Crippen LogP) is 5.57. The Labute approximate surface area is 192 Å². The molecule has 0 spiro atoms. The molecule has 4 rings (SSSR count). The molecule has 1 aliphatic heterocycles. The second kappa shape index (κ2) is 7.20. The van der Waals surface area contributed by atoms with Crippen LogP contribution in [0.15, 0.2) is 22.7 Å². The fourth-order valence-corrected chi connectivity index (χ4v) is 7.51. The molecule has 2 aromatic rings. The molecule has 9 heteroatoms. The number of aromatic nitrogens is 2. The lowest BCUT2D eigenvalue weighted by atomic mass is 10.0. The van der Waals surface area contributed by atoms with Crippen molar-refractivity contribution >= 4 is 47.4 Å². The summed E-state index contributed by atoms with van der Waals surface area (Å²) in [4.78, 5) is 28.1. The van der Waals surface area contributed by atoms with Crippen LogP contribution >= 0.6 is 15.9 Å². The van der Waals surface area contributed by atoms with Crippen molar-refractivity contribution in [3.05, 3.63) is 39.5 Å². The smallest absolute Gasteiger partial charge is 0.309 e. The van der Waals surface area contributed by atoms with Crippen molar-refractivity contribution in [1.29, 1.82) is 0 Å². The van der Waals surface area contributed by atoms with E-state index in [2.05, 4.69) is 56.4 Å². The normalized spacial score (nSPS) is 18.5. The Kier molecular flexibility index (Phi) is 5.12. The Balaban J connectivity index is 1.56. The highest BCUT2D eigenvalue weighted by molar-refractivity contribution is 9.10. The van der Waals surface area contributed by atoms with Crippen molar-refractivity contribution in [1.82, 2.24) is 15.1 Å². The maximum absolute atomic E-state index is 13.2. The third kappa shape index (κ3) is 3.51. The number of para-hydroxylation sites is 1. The first-order chi connectivity index (χ1) is 14.4. The van der Waals surface area contributed by atoms with Crippen LogP contribution in [-0.4, -0.2) is 35.1 Å². The number of hydrogen-bond donors (Lipinski definition) is 3. The van der Waals surface area contributed by atoms with E-state index in [0.29, 0.717) is 12.4 Å². The predicted molar refractivity (Wildman–Crippen MR) is 129 cm³/mol. The van der Waals surface area contributed by atoms with E-state index >= 15 is 0 Å². The number of anilines is 2. The average Bonchev–Trinajstić information content (AvgIpc) is 3.33. The minimum absolute atomic E-state index is 0.0746. The van der Waals surface area contributed by atoms with Crippen molar-refractivity contribution in [3.8, 4) is 0 Å². The van der Waals surface area contributed by atoms with Gasteiger partial charge in [-0.15, -0.1) is 0 Å². The van der Waals surface area contributed by atoms with Gasteiger partial charge in [0.05, 0.1) is 31.5 Å². The molecule has 2 heterocycles. The highest BCUT2D eigenvalue weighted by atomic mass is 79.9. The van der Waals surface area contributed by atoms with Gasteiger partial charge in [0.1, 0.15) is 0 Å². The Morgan fingerprint density at radius 3 is 2.45 bits per heavy atom. The second-order valence-corrected chi connectivity index (χ2v) is 16.5. The standard InChI is InChI=1S/C22H30BrN5O2Si/c1-13-8-7-9-15(23)16(13)24-20(30)28-12-14-17(21(28,2)3)26-27-18(14)25-19(29)22(10-11-22)31(4,5)6/h7-9H,10-12H2,1-6H3,(H,24,30)(H2,25,26,27,29). The molecule has 0 saturated heterocycles. The van der Waals surface area contributed by atoms with Crippen LogP contribution in [0.3, 0.4) is 0 Å². The number of carbonyl (C=O) groups is 2. The van der Waals surface area contributed by atoms with Crippen LogP contribution in [0.4, 0.5) is 16.3 Å². The van der Waals surface area contributed by atoms with Gasteiger partial charge in [0.2, 0.25) is 5.91 Å². The number of urea groups is 1. The molecule has 7 nitrogen and oxygen atoms in total. The van der Waals surface area contributed by atoms with Gasteiger partial charge in [-0.2, -0.15) is 5.10 Å². The number of rotatable bonds is 4. The third-order valence-electron chi connectivity index (χ3n) is 7.02. The molecule has 1 saturated carbocycles. The average molecular weight is 505 g/mol. The first-order valence-electron chi connectivity index (χ1n) is 10.6. The van der Waals surface area contributed by atoms with Gasteiger partial charge < -0.3 is 15.5 Å². The topological polar surface area (TPSA) is 90.1 Å².